The third-order valence-electron chi connectivity index (χ3n) is 5.85. The molecule has 0 aromatic heterocycles. The lowest BCUT2D eigenvalue weighted by Crippen LogP contribution is -2.48. The Morgan fingerprint density at radius 3 is 2.35 bits per heavy atom. The minimum Gasteiger partial charge on any atom is -0.370 e. The standard InChI is InChI=1S/C18H35NO/c1-3-7-15-10-12-18(14-19,13-11-15)20-17-9-6-5-8-16(17)4-2/h15-17H,3-14,19H2,1-2H3. The monoisotopic (exact) mass is 281 g/mol. The molecule has 0 aromatic carbocycles. The van der Waals surface area contributed by atoms with E-state index in [1.165, 1.54) is 70.6 Å². The lowest BCUT2D eigenvalue weighted by Gasteiger charge is -2.44. The first-order valence-corrected chi connectivity index (χ1v) is 9.11. The lowest BCUT2D eigenvalue weighted by atomic mass is 9.76. The van der Waals surface area contributed by atoms with Gasteiger partial charge in [-0.05, 0) is 50.4 Å². The summed E-state index contributed by atoms with van der Waals surface area (Å²) in [6, 6.07) is 0. The molecule has 2 aliphatic carbocycles. The molecular formula is C18H35NO. The first-order valence-electron chi connectivity index (χ1n) is 9.11. The van der Waals surface area contributed by atoms with Crippen LogP contribution in [0.3, 0.4) is 0 Å². The van der Waals surface area contributed by atoms with Crippen LogP contribution in [0.4, 0.5) is 0 Å². The van der Waals surface area contributed by atoms with Crippen molar-refractivity contribution in [2.24, 2.45) is 17.6 Å². The van der Waals surface area contributed by atoms with Crippen LogP contribution in [0.1, 0.15) is 84.5 Å². The van der Waals surface area contributed by atoms with Gasteiger partial charge in [0.15, 0.2) is 0 Å². The van der Waals surface area contributed by atoms with Gasteiger partial charge in [-0.25, -0.2) is 0 Å². The summed E-state index contributed by atoms with van der Waals surface area (Å²) in [5, 5.41) is 0. The van der Waals surface area contributed by atoms with Crippen molar-refractivity contribution in [1.29, 1.82) is 0 Å². The summed E-state index contributed by atoms with van der Waals surface area (Å²) in [7, 11) is 0. The number of nitrogens with two attached hydrogens (primary N) is 1. The minimum absolute atomic E-state index is 0.0136. The van der Waals surface area contributed by atoms with Crippen molar-refractivity contribution >= 4 is 0 Å². The minimum atomic E-state index is 0.0136. The fourth-order valence-electron chi connectivity index (χ4n) is 4.39. The van der Waals surface area contributed by atoms with Gasteiger partial charge in [0.05, 0.1) is 11.7 Å². The first kappa shape index (κ1) is 16.3. The van der Waals surface area contributed by atoms with Crippen molar-refractivity contribution in [1.82, 2.24) is 0 Å². The first-order chi connectivity index (χ1) is 9.73. The molecule has 2 N–H and O–H groups in total. The molecule has 0 bridgehead atoms. The molecule has 2 aliphatic rings. The molecule has 0 amide bonds. The molecule has 0 aliphatic heterocycles. The zero-order valence-corrected chi connectivity index (χ0v) is 13.7. The van der Waals surface area contributed by atoms with E-state index in [9.17, 15) is 0 Å². The molecule has 2 heteroatoms. The smallest absolute Gasteiger partial charge is 0.0808 e. The van der Waals surface area contributed by atoms with E-state index >= 15 is 0 Å². The van der Waals surface area contributed by atoms with Gasteiger partial charge >= 0.3 is 0 Å². The Morgan fingerprint density at radius 2 is 1.75 bits per heavy atom. The van der Waals surface area contributed by atoms with Gasteiger partial charge < -0.3 is 10.5 Å². The summed E-state index contributed by atoms with van der Waals surface area (Å²) in [6.07, 6.45) is 14.9. The predicted octanol–water partition coefficient (Wildman–Crippen LogP) is 4.66. The Kier molecular flexibility index (Phi) is 6.35. The van der Waals surface area contributed by atoms with Crippen LogP contribution in [0.15, 0.2) is 0 Å². The molecule has 2 saturated carbocycles. The highest BCUT2D eigenvalue weighted by atomic mass is 16.5. The molecule has 0 heterocycles. The summed E-state index contributed by atoms with van der Waals surface area (Å²) in [5.41, 5.74) is 6.15. The Balaban J connectivity index is 1.91. The van der Waals surface area contributed by atoms with Crippen LogP contribution in [0, 0.1) is 11.8 Å². The largest absolute Gasteiger partial charge is 0.370 e. The third kappa shape index (κ3) is 3.98. The Morgan fingerprint density at radius 1 is 1.05 bits per heavy atom. The maximum Gasteiger partial charge on any atom is 0.0808 e. The molecular weight excluding hydrogens is 246 g/mol. The molecule has 2 fully saturated rings. The summed E-state index contributed by atoms with van der Waals surface area (Å²) in [4.78, 5) is 0. The number of ether oxygens (including phenoxy) is 1. The lowest BCUT2D eigenvalue weighted by molar-refractivity contribution is -0.142. The highest BCUT2D eigenvalue weighted by Gasteiger charge is 2.39. The molecule has 2 unspecified atom stereocenters. The van der Waals surface area contributed by atoms with Crippen LogP contribution < -0.4 is 5.73 Å². The van der Waals surface area contributed by atoms with E-state index in [-0.39, 0.29) is 5.60 Å². The number of hydrogen-bond donors (Lipinski definition) is 1. The molecule has 0 spiro atoms. The zero-order valence-electron chi connectivity index (χ0n) is 13.7. The molecule has 118 valence electrons. The SMILES string of the molecule is CCCC1CCC(CN)(OC2CCCCC2CC)CC1. The van der Waals surface area contributed by atoms with E-state index in [4.69, 9.17) is 10.5 Å². The van der Waals surface area contributed by atoms with Gasteiger partial charge in [0, 0.05) is 6.54 Å². The summed E-state index contributed by atoms with van der Waals surface area (Å²) in [5.74, 6) is 1.71. The predicted molar refractivity (Wildman–Crippen MR) is 85.8 cm³/mol. The highest BCUT2D eigenvalue weighted by Crippen LogP contribution is 2.40. The maximum absolute atomic E-state index is 6.67. The van der Waals surface area contributed by atoms with E-state index in [0.29, 0.717) is 6.10 Å². The molecule has 20 heavy (non-hydrogen) atoms. The normalized spacial score (nSPS) is 38.9. The zero-order chi connectivity index (χ0) is 14.4. The van der Waals surface area contributed by atoms with Gasteiger partial charge in [-0.2, -0.15) is 0 Å². The second-order valence-corrected chi connectivity index (χ2v) is 7.23. The summed E-state index contributed by atoms with van der Waals surface area (Å²) in [6.45, 7) is 5.34. The maximum atomic E-state index is 6.67. The second kappa shape index (κ2) is 7.79. The average molecular weight is 281 g/mol. The molecule has 2 rings (SSSR count). The molecule has 2 atom stereocenters. The number of rotatable bonds is 6. The van der Waals surface area contributed by atoms with E-state index in [1.54, 1.807) is 0 Å². The van der Waals surface area contributed by atoms with E-state index in [0.717, 1.165) is 18.4 Å². The van der Waals surface area contributed by atoms with Crippen molar-refractivity contribution in [3.05, 3.63) is 0 Å². The Hall–Kier alpha value is -0.0800. The topological polar surface area (TPSA) is 35.2 Å². The van der Waals surface area contributed by atoms with Crippen LogP contribution in [-0.4, -0.2) is 18.2 Å². The fourth-order valence-corrected chi connectivity index (χ4v) is 4.39. The molecule has 0 aromatic rings. The van der Waals surface area contributed by atoms with Gasteiger partial charge in [0.25, 0.3) is 0 Å². The van der Waals surface area contributed by atoms with Crippen LogP contribution in [0.5, 0.6) is 0 Å². The second-order valence-electron chi connectivity index (χ2n) is 7.23. The van der Waals surface area contributed by atoms with Crippen LogP contribution in [0.25, 0.3) is 0 Å². The van der Waals surface area contributed by atoms with Gasteiger partial charge in [0.2, 0.25) is 0 Å². The Labute approximate surface area is 125 Å². The highest BCUT2D eigenvalue weighted by molar-refractivity contribution is 4.90. The molecule has 0 saturated heterocycles. The van der Waals surface area contributed by atoms with Crippen molar-refractivity contribution in [3.63, 3.8) is 0 Å². The summed E-state index contributed by atoms with van der Waals surface area (Å²) < 4.78 is 6.67. The van der Waals surface area contributed by atoms with Gasteiger partial charge in [-0.15, -0.1) is 0 Å². The van der Waals surface area contributed by atoms with E-state index < -0.39 is 0 Å². The van der Waals surface area contributed by atoms with Crippen LogP contribution >= 0.6 is 0 Å². The Bertz CT molecular complexity index is 271. The quantitative estimate of drug-likeness (QED) is 0.768. The molecule has 0 radical (unpaired) electrons. The van der Waals surface area contributed by atoms with Gasteiger partial charge in [-0.1, -0.05) is 46.0 Å². The van der Waals surface area contributed by atoms with Crippen LogP contribution in [-0.2, 0) is 4.74 Å². The van der Waals surface area contributed by atoms with E-state index in [1.807, 2.05) is 0 Å². The summed E-state index contributed by atoms with van der Waals surface area (Å²) >= 11 is 0. The number of hydrogen-bond acceptors (Lipinski definition) is 2. The van der Waals surface area contributed by atoms with Crippen LogP contribution in [0.2, 0.25) is 0 Å². The average Bonchev–Trinajstić information content (AvgIpc) is 2.50. The van der Waals surface area contributed by atoms with Gasteiger partial charge in [0.1, 0.15) is 0 Å². The third-order valence-corrected chi connectivity index (χ3v) is 5.85. The van der Waals surface area contributed by atoms with Crippen molar-refractivity contribution in [2.75, 3.05) is 6.54 Å². The molecule has 2 nitrogen and oxygen atoms in total. The van der Waals surface area contributed by atoms with Crippen molar-refractivity contribution in [2.45, 2.75) is 96.2 Å². The van der Waals surface area contributed by atoms with Crippen molar-refractivity contribution < 1.29 is 4.74 Å². The van der Waals surface area contributed by atoms with E-state index in [2.05, 4.69) is 13.8 Å². The van der Waals surface area contributed by atoms with Gasteiger partial charge in [-0.3, -0.25) is 0 Å². The van der Waals surface area contributed by atoms with Crippen molar-refractivity contribution in [3.8, 4) is 0 Å². The fraction of sp³-hybridized carbons (Fsp3) is 1.00.